The molecule has 154 valence electrons. The fraction of sp³-hybridized carbons (Fsp3) is 0.455. The topological polar surface area (TPSA) is 59.1 Å². The predicted molar refractivity (Wildman–Crippen MR) is 112 cm³/mol. The Hall–Kier alpha value is -2.38. The van der Waals surface area contributed by atoms with E-state index in [0.29, 0.717) is 25.4 Å². The zero-order valence-corrected chi connectivity index (χ0v) is 17.4. The molecule has 1 aromatic carbocycles. The maximum atomic E-state index is 13.1. The van der Waals surface area contributed by atoms with Gasteiger partial charge in [0.25, 0.3) is 5.91 Å². The van der Waals surface area contributed by atoms with Crippen molar-refractivity contribution in [2.45, 2.75) is 44.9 Å². The Balaban J connectivity index is 1.45. The summed E-state index contributed by atoms with van der Waals surface area (Å²) in [6, 6.07) is 11.5. The van der Waals surface area contributed by atoms with Crippen LogP contribution in [0.4, 0.5) is 5.69 Å². The minimum atomic E-state index is -0.547. The summed E-state index contributed by atoms with van der Waals surface area (Å²) >= 11 is 1.65. The summed E-state index contributed by atoms with van der Waals surface area (Å²) in [4.78, 5) is 30.5. The second kappa shape index (κ2) is 8.97. The van der Waals surface area contributed by atoms with Crippen LogP contribution in [0.25, 0.3) is 0 Å². The standard InChI is InChI=1S/C22H26N2O4S/c1-16-22(26)24(19-8-2-3-9-20(19)28-16)11-10-21(25)23(14-17-6-4-12-27-17)15-18-7-5-13-29-18/h2-3,5,7-9,13,16-17H,4,6,10-12,14-15H2,1H3/t16-,17-/m0/s1. The van der Waals surface area contributed by atoms with Gasteiger partial charge >= 0.3 is 0 Å². The first kappa shape index (κ1) is 19.9. The van der Waals surface area contributed by atoms with Crippen molar-refractivity contribution in [2.75, 3.05) is 24.6 Å². The van der Waals surface area contributed by atoms with Crippen molar-refractivity contribution in [1.29, 1.82) is 0 Å². The minimum absolute atomic E-state index is 0.0401. The number of anilines is 1. The van der Waals surface area contributed by atoms with E-state index in [4.69, 9.17) is 9.47 Å². The Labute approximate surface area is 175 Å². The van der Waals surface area contributed by atoms with Crippen molar-refractivity contribution in [3.05, 3.63) is 46.7 Å². The molecule has 6 nitrogen and oxygen atoms in total. The summed E-state index contributed by atoms with van der Waals surface area (Å²) in [5.74, 6) is 0.612. The van der Waals surface area contributed by atoms with Crippen LogP contribution >= 0.6 is 11.3 Å². The van der Waals surface area contributed by atoms with Gasteiger partial charge in [-0.25, -0.2) is 0 Å². The van der Waals surface area contributed by atoms with Crippen molar-refractivity contribution in [3.63, 3.8) is 0 Å². The molecule has 0 aliphatic carbocycles. The number of hydrogen-bond acceptors (Lipinski definition) is 5. The van der Waals surface area contributed by atoms with Gasteiger partial charge in [0, 0.05) is 31.0 Å². The SMILES string of the molecule is C[C@@H]1Oc2ccccc2N(CCC(=O)N(Cc2cccs2)C[C@@H]2CCCO2)C1=O. The van der Waals surface area contributed by atoms with Gasteiger partial charge < -0.3 is 19.3 Å². The highest BCUT2D eigenvalue weighted by molar-refractivity contribution is 7.09. The largest absolute Gasteiger partial charge is 0.479 e. The van der Waals surface area contributed by atoms with Gasteiger partial charge in [-0.05, 0) is 43.3 Å². The van der Waals surface area contributed by atoms with Crippen molar-refractivity contribution in [3.8, 4) is 5.75 Å². The minimum Gasteiger partial charge on any atom is -0.479 e. The van der Waals surface area contributed by atoms with Gasteiger partial charge in [0.2, 0.25) is 5.91 Å². The molecule has 0 saturated carbocycles. The van der Waals surface area contributed by atoms with Gasteiger partial charge in [-0.2, -0.15) is 0 Å². The molecule has 2 atom stereocenters. The number of rotatable bonds is 7. The Kier molecular flexibility index (Phi) is 6.16. The molecule has 1 fully saturated rings. The van der Waals surface area contributed by atoms with Crippen LogP contribution in [0, 0.1) is 0 Å². The van der Waals surface area contributed by atoms with Crippen LogP contribution in [0.2, 0.25) is 0 Å². The number of amides is 2. The molecule has 2 amide bonds. The average molecular weight is 415 g/mol. The van der Waals surface area contributed by atoms with E-state index in [2.05, 4.69) is 0 Å². The van der Waals surface area contributed by atoms with Gasteiger partial charge in [-0.3, -0.25) is 9.59 Å². The number of thiophene rings is 1. The summed E-state index contributed by atoms with van der Waals surface area (Å²) in [7, 11) is 0. The quantitative estimate of drug-likeness (QED) is 0.696. The number of nitrogens with zero attached hydrogens (tertiary/aromatic N) is 2. The van der Waals surface area contributed by atoms with E-state index < -0.39 is 6.10 Å². The second-order valence-electron chi connectivity index (χ2n) is 7.46. The van der Waals surface area contributed by atoms with Gasteiger partial charge in [0.05, 0.1) is 18.3 Å². The van der Waals surface area contributed by atoms with Crippen LogP contribution in [0.1, 0.15) is 31.1 Å². The fourth-order valence-electron chi connectivity index (χ4n) is 3.83. The predicted octanol–water partition coefficient (Wildman–Crippen LogP) is 3.46. The zero-order chi connectivity index (χ0) is 20.2. The Morgan fingerprint density at radius 1 is 1.28 bits per heavy atom. The molecule has 29 heavy (non-hydrogen) atoms. The normalized spacial score (nSPS) is 21.0. The number of fused-ring (bicyclic) bond motifs is 1. The monoisotopic (exact) mass is 414 g/mol. The van der Waals surface area contributed by atoms with Gasteiger partial charge in [-0.15, -0.1) is 11.3 Å². The third-order valence-electron chi connectivity index (χ3n) is 5.35. The molecule has 1 saturated heterocycles. The Bertz CT molecular complexity index is 848. The first-order chi connectivity index (χ1) is 14.1. The first-order valence-electron chi connectivity index (χ1n) is 10.1. The molecule has 4 rings (SSSR count). The van der Waals surface area contributed by atoms with Crippen LogP contribution in [0.5, 0.6) is 5.75 Å². The number of carbonyl (C=O) groups excluding carboxylic acids is 2. The lowest BCUT2D eigenvalue weighted by Crippen LogP contribution is -2.46. The zero-order valence-electron chi connectivity index (χ0n) is 16.6. The molecule has 2 aromatic rings. The number of carbonyl (C=O) groups is 2. The molecule has 0 spiro atoms. The van der Waals surface area contributed by atoms with Crippen LogP contribution in [0.3, 0.4) is 0 Å². The molecule has 0 radical (unpaired) electrons. The van der Waals surface area contributed by atoms with Crippen LogP contribution in [-0.4, -0.2) is 48.6 Å². The highest BCUT2D eigenvalue weighted by Gasteiger charge is 2.32. The van der Waals surface area contributed by atoms with Gasteiger partial charge in [0.15, 0.2) is 6.10 Å². The van der Waals surface area contributed by atoms with Crippen LogP contribution in [0.15, 0.2) is 41.8 Å². The van der Waals surface area contributed by atoms with E-state index in [0.717, 1.165) is 30.0 Å². The second-order valence-corrected chi connectivity index (χ2v) is 8.49. The molecular weight excluding hydrogens is 388 g/mol. The molecule has 7 heteroatoms. The van der Waals surface area contributed by atoms with Crippen LogP contribution in [-0.2, 0) is 20.9 Å². The lowest BCUT2D eigenvalue weighted by molar-refractivity contribution is -0.133. The first-order valence-corrected chi connectivity index (χ1v) is 11.0. The summed E-state index contributed by atoms with van der Waals surface area (Å²) in [6.45, 7) is 4.03. The number of hydrogen-bond donors (Lipinski definition) is 0. The summed E-state index contributed by atoms with van der Waals surface area (Å²) in [5, 5.41) is 2.02. The van der Waals surface area contributed by atoms with E-state index in [1.54, 1.807) is 23.2 Å². The fourth-order valence-corrected chi connectivity index (χ4v) is 4.55. The highest BCUT2D eigenvalue weighted by atomic mass is 32.1. The van der Waals surface area contributed by atoms with E-state index in [1.165, 1.54) is 0 Å². The Morgan fingerprint density at radius 2 is 2.14 bits per heavy atom. The molecule has 2 aliphatic heterocycles. The van der Waals surface area contributed by atoms with Gasteiger partial charge in [0.1, 0.15) is 5.75 Å². The molecule has 0 bridgehead atoms. The molecule has 0 unspecified atom stereocenters. The lowest BCUT2D eigenvalue weighted by atomic mass is 10.1. The third kappa shape index (κ3) is 4.62. The lowest BCUT2D eigenvalue weighted by Gasteiger charge is -2.33. The number of para-hydroxylation sites is 2. The summed E-state index contributed by atoms with van der Waals surface area (Å²) < 4.78 is 11.4. The van der Waals surface area contributed by atoms with Gasteiger partial charge in [-0.1, -0.05) is 18.2 Å². The maximum absolute atomic E-state index is 13.1. The molecular formula is C22H26N2O4S. The highest BCUT2D eigenvalue weighted by Crippen LogP contribution is 2.33. The molecule has 3 heterocycles. The van der Waals surface area contributed by atoms with E-state index >= 15 is 0 Å². The van der Waals surface area contributed by atoms with E-state index in [-0.39, 0.29) is 24.3 Å². The van der Waals surface area contributed by atoms with Crippen molar-refractivity contribution in [1.82, 2.24) is 4.90 Å². The Morgan fingerprint density at radius 3 is 2.90 bits per heavy atom. The molecule has 0 N–H and O–H groups in total. The molecule has 2 aliphatic rings. The number of benzene rings is 1. The van der Waals surface area contributed by atoms with E-state index in [1.807, 2.05) is 46.7 Å². The van der Waals surface area contributed by atoms with Crippen molar-refractivity contribution < 1.29 is 19.1 Å². The average Bonchev–Trinajstić information content (AvgIpc) is 3.42. The van der Waals surface area contributed by atoms with Crippen molar-refractivity contribution >= 4 is 28.8 Å². The summed E-state index contributed by atoms with van der Waals surface area (Å²) in [5.41, 5.74) is 0.729. The summed E-state index contributed by atoms with van der Waals surface area (Å²) in [6.07, 6.45) is 1.85. The molecule has 1 aromatic heterocycles. The van der Waals surface area contributed by atoms with Crippen LogP contribution < -0.4 is 9.64 Å². The van der Waals surface area contributed by atoms with Crippen molar-refractivity contribution in [2.24, 2.45) is 0 Å². The maximum Gasteiger partial charge on any atom is 0.267 e. The number of ether oxygens (including phenoxy) is 2. The smallest absolute Gasteiger partial charge is 0.267 e. The third-order valence-corrected chi connectivity index (χ3v) is 6.21. The van der Waals surface area contributed by atoms with E-state index in [9.17, 15) is 9.59 Å².